The molecule has 0 bridgehead atoms. The van der Waals surface area contributed by atoms with Gasteiger partial charge in [0.1, 0.15) is 17.9 Å². The molecule has 1 amide bonds. The van der Waals surface area contributed by atoms with Crippen LogP contribution in [0.15, 0.2) is 30.6 Å². The van der Waals surface area contributed by atoms with E-state index in [2.05, 4.69) is 15.5 Å². The Bertz CT molecular complexity index is 647. The molecular formula is C16H20FN5O2. The quantitative estimate of drug-likeness (QED) is 0.801. The predicted molar refractivity (Wildman–Crippen MR) is 83.6 cm³/mol. The van der Waals surface area contributed by atoms with Gasteiger partial charge >= 0.3 is 0 Å². The molecule has 1 aromatic carbocycles. The van der Waals surface area contributed by atoms with Gasteiger partial charge in [-0.15, -0.1) is 5.10 Å². The lowest BCUT2D eigenvalue weighted by Gasteiger charge is -2.32. The summed E-state index contributed by atoms with van der Waals surface area (Å²) in [6.07, 6.45) is 3.88. The van der Waals surface area contributed by atoms with Gasteiger partial charge in [0, 0.05) is 25.4 Å². The van der Waals surface area contributed by atoms with Crippen LogP contribution >= 0.6 is 0 Å². The average molecular weight is 333 g/mol. The monoisotopic (exact) mass is 333 g/mol. The van der Waals surface area contributed by atoms with E-state index in [9.17, 15) is 9.18 Å². The first-order valence-corrected chi connectivity index (χ1v) is 8.07. The highest BCUT2D eigenvalue weighted by Gasteiger charge is 2.24. The van der Waals surface area contributed by atoms with Gasteiger partial charge < -0.3 is 9.64 Å². The van der Waals surface area contributed by atoms with E-state index in [-0.39, 0.29) is 11.7 Å². The molecule has 0 N–H and O–H groups in total. The third-order valence-electron chi connectivity index (χ3n) is 4.12. The van der Waals surface area contributed by atoms with Crippen molar-refractivity contribution in [3.8, 4) is 5.75 Å². The highest BCUT2D eigenvalue weighted by molar-refractivity contribution is 5.76. The maximum Gasteiger partial charge on any atom is 0.224 e. The number of tetrazole rings is 1. The van der Waals surface area contributed by atoms with Crippen LogP contribution in [0, 0.1) is 11.7 Å². The fraction of sp³-hybridized carbons (Fsp3) is 0.500. The molecule has 1 aliphatic rings. The number of likely N-dealkylation sites (tertiary alicyclic amines) is 1. The number of hydrogen-bond donors (Lipinski definition) is 0. The highest BCUT2D eigenvalue weighted by atomic mass is 19.1. The lowest BCUT2D eigenvalue weighted by atomic mass is 9.98. The van der Waals surface area contributed by atoms with Crippen molar-refractivity contribution in [1.29, 1.82) is 0 Å². The van der Waals surface area contributed by atoms with Crippen LogP contribution < -0.4 is 4.74 Å². The second-order valence-electron chi connectivity index (χ2n) is 5.94. The second-order valence-corrected chi connectivity index (χ2v) is 5.94. The second kappa shape index (κ2) is 7.85. The van der Waals surface area contributed by atoms with Crippen LogP contribution in [0.3, 0.4) is 0 Å². The Morgan fingerprint density at radius 1 is 1.33 bits per heavy atom. The average Bonchev–Trinajstić information content (AvgIpc) is 3.13. The first-order valence-electron chi connectivity index (χ1n) is 8.07. The summed E-state index contributed by atoms with van der Waals surface area (Å²) in [6, 6.07) is 6.00. The number of carbonyl (C=O) groups excluding carboxylic acids is 1. The fourth-order valence-electron chi connectivity index (χ4n) is 2.82. The number of nitrogens with zero attached hydrogens (tertiary/aromatic N) is 5. The van der Waals surface area contributed by atoms with Crippen molar-refractivity contribution >= 4 is 5.91 Å². The van der Waals surface area contributed by atoms with Gasteiger partial charge in [0.25, 0.3) is 0 Å². The summed E-state index contributed by atoms with van der Waals surface area (Å²) in [7, 11) is 0. The third kappa shape index (κ3) is 4.50. The molecular weight excluding hydrogens is 313 g/mol. The van der Waals surface area contributed by atoms with E-state index in [0.717, 1.165) is 19.4 Å². The van der Waals surface area contributed by atoms with Crippen LogP contribution in [0.1, 0.15) is 19.3 Å². The van der Waals surface area contributed by atoms with Crippen molar-refractivity contribution in [3.05, 3.63) is 36.4 Å². The van der Waals surface area contributed by atoms with Crippen LogP contribution in [0.4, 0.5) is 4.39 Å². The normalized spacial score (nSPS) is 17.7. The molecule has 8 heteroatoms. The van der Waals surface area contributed by atoms with E-state index in [1.165, 1.54) is 18.5 Å². The summed E-state index contributed by atoms with van der Waals surface area (Å²) in [6.45, 7) is 2.48. The van der Waals surface area contributed by atoms with E-state index in [1.807, 2.05) is 4.90 Å². The van der Waals surface area contributed by atoms with E-state index in [0.29, 0.717) is 37.8 Å². The van der Waals surface area contributed by atoms with Gasteiger partial charge in [-0.2, -0.15) is 0 Å². The summed E-state index contributed by atoms with van der Waals surface area (Å²) in [5.41, 5.74) is 0. The van der Waals surface area contributed by atoms with Crippen molar-refractivity contribution in [3.63, 3.8) is 0 Å². The predicted octanol–water partition coefficient (Wildman–Crippen LogP) is 1.52. The SMILES string of the molecule is O=C(CCn1cnnn1)N1CCC[C@H](COc2ccc(F)cc2)C1. The molecule has 0 saturated carbocycles. The van der Waals surface area contributed by atoms with Gasteiger partial charge in [0.15, 0.2) is 0 Å². The van der Waals surface area contributed by atoms with E-state index in [1.54, 1.807) is 16.8 Å². The molecule has 0 radical (unpaired) electrons. The fourth-order valence-corrected chi connectivity index (χ4v) is 2.82. The number of piperidine rings is 1. The summed E-state index contributed by atoms with van der Waals surface area (Å²) in [5, 5.41) is 10.9. The lowest BCUT2D eigenvalue weighted by molar-refractivity contribution is -0.133. The van der Waals surface area contributed by atoms with E-state index < -0.39 is 0 Å². The Morgan fingerprint density at radius 3 is 2.92 bits per heavy atom. The Balaban J connectivity index is 1.45. The number of aromatic nitrogens is 4. The first kappa shape index (κ1) is 16.4. The zero-order chi connectivity index (χ0) is 16.8. The number of halogens is 1. The number of aryl methyl sites for hydroxylation is 1. The smallest absolute Gasteiger partial charge is 0.224 e. The number of ether oxygens (including phenoxy) is 1. The molecule has 24 heavy (non-hydrogen) atoms. The largest absolute Gasteiger partial charge is 0.493 e. The van der Waals surface area contributed by atoms with Crippen LogP contribution in [0.2, 0.25) is 0 Å². The molecule has 1 aliphatic heterocycles. The molecule has 2 aromatic rings. The van der Waals surface area contributed by atoms with Crippen LogP contribution in [0.25, 0.3) is 0 Å². The van der Waals surface area contributed by atoms with Crippen molar-refractivity contribution < 1.29 is 13.9 Å². The highest BCUT2D eigenvalue weighted by Crippen LogP contribution is 2.19. The minimum atomic E-state index is -0.278. The van der Waals surface area contributed by atoms with Gasteiger partial charge in [0.05, 0.1) is 13.2 Å². The Labute approximate surface area is 139 Å². The molecule has 7 nitrogen and oxygen atoms in total. The number of rotatable bonds is 6. The van der Waals surface area contributed by atoms with E-state index in [4.69, 9.17) is 4.74 Å². The third-order valence-corrected chi connectivity index (χ3v) is 4.12. The molecule has 1 fully saturated rings. The molecule has 2 heterocycles. The molecule has 1 aromatic heterocycles. The summed E-state index contributed by atoms with van der Waals surface area (Å²) in [4.78, 5) is 14.2. The zero-order valence-electron chi connectivity index (χ0n) is 13.3. The van der Waals surface area contributed by atoms with Gasteiger partial charge in [-0.25, -0.2) is 9.07 Å². The molecule has 0 unspecified atom stereocenters. The summed E-state index contributed by atoms with van der Waals surface area (Å²) in [5.74, 6) is 0.774. The molecule has 1 saturated heterocycles. The van der Waals surface area contributed by atoms with E-state index >= 15 is 0 Å². The van der Waals surface area contributed by atoms with Crippen molar-refractivity contribution in [1.82, 2.24) is 25.1 Å². The Kier molecular flexibility index (Phi) is 5.35. The minimum Gasteiger partial charge on any atom is -0.493 e. The lowest BCUT2D eigenvalue weighted by Crippen LogP contribution is -2.41. The number of benzene rings is 1. The first-order chi connectivity index (χ1) is 11.7. The molecule has 1 atom stereocenters. The van der Waals surface area contributed by atoms with Gasteiger partial charge in [-0.1, -0.05) is 0 Å². The molecule has 3 rings (SSSR count). The number of carbonyl (C=O) groups is 1. The summed E-state index contributed by atoms with van der Waals surface area (Å²) >= 11 is 0. The number of amides is 1. The van der Waals surface area contributed by atoms with Gasteiger partial charge in [-0.3, -0.25) is 4.79 Å². The van der Waals surface area contributed by atoms with Crippen molar-refractivity contribution in [2.75, 3.05) is 19.7 Å². The standard InChI is InChI=1S/C16H20FN5O2/c17-14-3-5-15(6-4-14)24-11-13-2-1-8-21(10-13)16(23)7-9-22-12-18-19-20-22/h3-6,12-13H,1-2,7-11H2/t13-/m0/s1. The topological polar surface area (TPSA) is 73.1 Å². The molecule has 0 aliphatic carbocycles. The number of hydrogen-bond acceptors (Lipinski definition) is 5. The maximum absolute atomic E-state index is 12.9. The van der Waals surface area contributed by atoms with Gasteiger partial charge in [-0.05, 0) is 47.5 Å². The zero-order valence-corrected chi connectivity index (χ0v) is 13.3. The minimum absolute atomic E-state index is 0.108. The van der Waals surface area contributed by atoms with Crippen LogP contribution in [-0.4, -0.2) is 50.7 Å². The summed E-state index contributed by atoms with van der Waals surface area (Å²) < 4.78 is 20.1. The van der Waals surface area contributed by atoms with Gasteiger partial charge in [0.2, 0.25) is 5.91 Å². The molecule has 0 spiro atoms. The molecule has 128 valence electrons. The van der Waals surface area contributed by atoms with Crippen LogP contribution in [-0.2, 0) is 11.3 Å². The van der Waals surface area contributed by atoms with Crippen LogP contribution in [0.5, 0.6) is 5.75 Å². The van der Waals surface area contributed by atoms with Crippen molar-refractivity contribution in [2.45, 2.75) is 25.8 Å². The maximum atomic E-state index is 12.9. The van der Waals surface area contributed by atoms with Crippen molar-refractivity contribution in [2.24, 2.45) is 5.92 Å². The Morgan fingerprint density at radius 2 is 2.17 bits per heavy atom. The Hall–Kier alpha value is -2.51.